The van der Waals surface area contributed by atoms with Gasteiger partial charge in [-0.3, -0.25) is 9.59 Å². The van der Waals surface area contributed by atoms with E-state index in [9.17, 15) is 9.59 Å². The summed E-state index contributed by atoms with van der Waals surface area (Å²) in [4.78, 5) is 21.4. The number of nitrogens with two attached hydrogens (primary N) is 1. The van der Waals surface area contributed by atoms with Crippen molar-refractivity contribution in [3.63, 3.8) is 0 Å². The first kappa shape index (κ1) is 11.9. The quantitative estimate of drug-likeness (QED) is 0.600. The Kier molecular flexibility index (Phi) is 5.88. The summed E-state index contributed by atoms with van der Waals surface area (Å²) in [6.07, 6.45) is 0.406. The van der Waals surface area contributed by atoms with E-state index in [-0.39, 0.29) is 31.0 Å². The van der Waals surface area contributed by atoms with Crippen molar-refractivity contribution in [2.45, 2.75) is 13.3 Å². The molecule has 0 bridgehead atoms. The molecule has 13 heavy (non-hydrogen) atoms. The molecule has 0 radical (unpaired) electrons. The molecule has 0 aliphatic rings. The van der Waals surface area contributed by atoms with Gasteiger partial charge in [0.15, 0.2) is 0 Å². The van der Waals surface area contributed by atoms with Crippen LogP contribution in [-0.2, 0) is 19.1 Å². The van der Waals surface area contributed by atoms with Crippen LogP contribution in [0.15, 0.2) is 0 Å². The van der Waals surface area contributed by atoms with E-state index in [1.807, 2.05) is 0 Å². The van der Waals surface area contributed by atoms with Gasteiger partial charge in [0.25, 0.3) is 0 Å². The van der Waals surface area contributed by atoms with Crippen LogP contribution in [0, 0.1) is 5.92 Å². The summed E-state index contributed by atoms with van der Waals surface area (Å²) in [5.41, 5.74) is 5.32. The van der Waals surface area contributed by atoms with Gasteiger partial charge in [0.1, 0.15) is 0 Å². The van der Waals surface area contributed by atoms with Crippen molar-refractivity contribution in [3.05, 3.63) is 0 Å². The average molecular weight is 189 g/mol. The maximum absolute atomic E-state index is 11.0. The van der Waals surface area contributed by atoms with Crippen molar-refractivity contribution in [1.29, 1.82) is 0 Å². The van der Waals surface area contributed by atoms with Gasteiger partial charge < -0.3 is 15.2 Å². The average Bonchev–Trinajstić information content (AvgIpc) is 2.11. The number of esters is 2. The van der Waals surface area contributed by atoms with Gasteiger partial charge in [-0.25, -0.2) is 0 Å². The number of carbonyl (C=O) groups excluding carboxylic acids is 2. The van der Waals surface area contributed by atoms with Crippen LogP contribution in [0.5, 0.6) is 0 Å². The molecule has 0 saturated carbocycles. The molecule has 0 saturated heterocycles. The molecule has 0 spiro atoms. The minimum absolute atomic E-state index is 0.201. The normalized spacial score (nSPS) is 11.9. The summed E-state index contributed by atoms with van der Waals surface area (Å²) in [7, 11) is 1.30. The molecule has 0 aliphatic heterocycles. The van der Waals surface area contributed by atoms with Crippen LogP contribution < -0.4 is 5.73 Å². The third kappa shape index (κ3) is 5.19. The van der Waals surface area contributed by atoms with Gasteiger partial charge in [-0.1, -0.05) is 0 Å². The third-order valence-corrected chi connectivity index (χ3v) is 1.59. The second-order valence-electron chi connectivity index (χ2n) is 2.58. The first-order chi connectivity index (χ1) is 6.11. The lowest BCUT2D eigenvalue weighted by Gasteiger charge is -2.11. The second kappa shape index (κ2) is 6.42. The van der Waals surface area contributed by atoms with E-state index in [1.165, 1.54) is 14.0 Å². The summed E-state index contributed by atoms with van der Waals surface area (Å²) in [5.74, 6) is -1.11. The van der Waals surface area contributed by atoms with Crippen LogP contribution >= 0.6 is 0 Å². The smallest absolute Gasteiger partial charge is 0.310 e. The first-order valence-corrected chi connectivity index (χ1v) is 4.03. The van der Waals surface area contributed by atoms with Crippen molar-refractivity contribution >= 4 is 11.9 Å². The molecule has 0 aliphatic carbocycles. The molecule has 76 valence electrons. The molecule has 5 heteroatoms. The Labute approximate surface area is 77.2 Å². The Hall–Kier alpha value is -1.10. The Bertz CT molecular complexity index is 181. The fraction of sp³-hybridized carbons (Fsp3) is 0.750. The van der Waals surface area contributed by atoms with E-state index in [0.29, 0.717) is 6.42 Å². The van der Waals surface area contributed by atoms with E-state index in [0.717, 1.165) is 0 Å². The number of rotatable bonds is 5. The standard InChI is InChI=1S/C8H15NO4/c1-6(10)13-4-3-7(5-9)8(11)12-2/h7H,3-5,9H2,1-2H3. The Morgan fingerprint density at radius 2 is 2.08 bits per heavy atom. The lowest BCUT2D eigenvalue weighted by atomic mass is 10.1. The summed E-state index contributed by atoms with van der Waals surface area (Å²) >= 11 is 0. The van der Waals surface area contributed by atoms with Gasteiger partial charge in [0.05, 0.1) is 19.6 Å². The number of ether oxygens (including phenoxy) is 2. The summed E-state index contributed by atoms with van der Waals surface area (Å²) in [6.45, 7) is 1.72. The largest absolute Gasteiger partial charge is 0.469 e. The fourth-order valence-corrected chi connectivity index (χ4v) is 0.844. The van der Waals surface area contributed by atoms with E-state index in [2.05, 4.69) is 9.47 Å². The number of hydrogen-bond acceptors (Lipinski definition) is 5. The highest BCUT2D eigenvalue weighted by atomic mass is 16.5. The van der Waals surface area contributed by atoms with Gasteiger partial charge in [-0.05, 0) is 6.42 Å². The summed E-state index contributed by atoms with van der Waals surface area (Å²) in [5, 5.41) is 0. The molecule has 5 nitrogen and oxygen atoms in total. The lowest BCUT2D eigenvalue weighted by molar-refractivity contribution is -0.148. The van der Waals surface area contributed by atoms with E-state index >= 15 is 0 Å². The monoisotopic (exact) mass is 189 g/mol. The Morgan fingerprint density at radius 1 is 1.46 bits per heavy atom. The molecule has 2 N–H and O–H groups in total. The van der Waals surface area contributed by atoms with Crippen molar-refractivity contribution in [2.24, 2.45) is 11.7 Å². The molecular formula is C8H15NO4. The number of methoxy groups -OCH3 is 1. The van der Waals surface area contributed by atoms with Crippen molar-refractivity contribution < 1.29 is 19.1 Å². The zero-order chi connectivity index (χ0) is 10.3. The second-order valence-corrected chi connectivity index (χ2v) is 2.58. The number of carbonyl (C=O) groups is 2. The van der Waals surface area contributed by atoms with Crippen LogP contribution in [0.1, 0.15) is 13.3 Å². The SMILES string of the molecule is COC(=O)C(CN)CCOC(C)=O. The molecule has 0 amide bonds. The predicted molar refractivity (Wildman–Crippen MR) is 45.8 cm³/mol. The maximum Gasteiger partial charge on any atom is 0.310 e. The predicted octanol–water partition coefficient (Wildman–Crippen LogP) is -0.313. The molecule has 0 aromatic heterocycles. The first-order valence-electron chi connectivity index (χ1n) is 4.03. The topological polar surface area (TPSA) is 78.6 Å². The number of hydrogen-bond donors (Lipinski definition) is 1. The van der Waals surface area contributed by atoms with Gasteiger partial charge >= 0.3 is 11.9 Å². The molecule has 0 fully saturated rings. The molecule has 1 atom stereocenters. The Balaban J connectivity index is 3.72. The van der Waals surface area contributed by atoms with Crippen LogP contribution in [0.4, 0.5) is 0 Å². The van der Waals surface area contributed by atoms with Crippen molar-refractivity contribution in [1.82, 2.24) is 0 Å². The van der Waals surface area contributed by atoms with Gasteiger partial charge in [-0.15, -0.1) is 0 Å². The van der Waals surface area contributed by atoms with E-state index in [4.69, 9.17) is 5.73 Å². The van der Waals surface area contributed by atoms with Crippen LogP contribution in [0.3, 0.4) is 0 Å². The van der Waals surface area contributed by atoms with Gasteiger partial charge in [-0.2, -0.15) is 0 Å². The molecule has 0 aromatic rings. The minimum atomic E-state index is -0.385. The molecule has 0 aromatic carbocycles. The molecular weight excluding hydrogens is 174 g/mol. The zero-order valence-corrected chi connectivity index (χ0v) is 7.91. The highest BCUT2D eigenvalue weighted by Gasteiger charge is 2.17. The Morgan fingerprint density at radius 3 is 2.46 bits per heavy atom. The molecule has 1 unspecified atom stereocenters. The maximum atomic E-state index is 11.0. The summed E-state index contributed by atoms with van der Waals surface area (Å²) in [6, 6.07) is 0. The van der Waals surface area contributed by atoms with Crippen molar-refractivity contribution in [2.75, 3.05) is 20.3 Å². The molecule has 0 heterocycles. The fourth-order valence-electron chi connectivity index (χ4n) is 0.844. The molecule has 0 rings (SSSR count). The van der Waals surface area contributed by atoms with Crippen LogP contribution in [0.2, 0.25) is 0 Å². The highest BCUT2D eigenvalue weighted by Crippen LogP contribution is 2.03. The van der Waals surface area contributed by atoms with E-state index < -0.39 is 0 Å². The van der Waals surface area contributed by atoms with Crippen molar-refractivity contribution in [3.8, 4) is 0 Å². The zero-order valence-electron chi connectivity index (χ0n) is 7.91. The minimum Gasteiger partial charge on any atom is -0.469 e. The third-order valence-electron chi connectivity index (χ3n) is 1.59. The van der Waals surface area contributed by atoms with Gasteiger partial charge in [0.2, 0.25) is 0 Å². The van der Waals surface area contributed by atoms with E-state index in [1.54, 1.807) is 0 Å². The van der Waals surface area contributed by atoms with Crippen LogP contribution in [-0.4, -0.2) is 32.2 Å². The van der Waals surface area contributed by atoms with Gasteiger partial charge in [0, 0.05) is 13.5 Å². The highest BCUT2D eigenvalue weighted by molar-refractivity contribution is 5.72. The lowest BCUT2D eigenvalue weighted by Crippen LogP contribution is -2.26. The summed E-state index contributed by atoms with van der Waals surface area (Å²) < 4.78 is 9.17. The van der Waals surface area contributed by atoms with Crippen LogP contribution in [0.25, 0.3) is 0 Å².